The average molecular weight is 474 g/mol. The summed E-state index contributed by atoms with van der Waals surface area (Å²) in [6.45, 7) is 5.33. The minimum Gasteiger partial charge on any atom is -0.444 e. The van der Waals surface area contributed by atoms with Crippen LogP contribution in [0.25, 0.3) is 0 Å². The third-order valence-electron chi connectivity index (χ3n) is 3.52. The lowest BCUT2D eigenvalue weighted by Crippen LogP contribution is -2.27. The number of ether oxygens (including phenoxy) is 1. The van der Waals surface area contributed by atoms with Gasteiger partial charge in [0.25, 0.3) is 5.91 Å². The summed E-state index contributed by atoms with van der Waals surface area (Å²) in [6, 6.07) is 13.3. The molecule has 2 aromatic rings. The van der Waals surface area contributed by atoms with Crippen LogP contribution in [0.4, 0.5) is 21.9 Å². The first-order valence-corrected chi connectivity index (χ1v) is 10.3. The number of hydrogen-bond donors (Lipinski definition) is 3. The Morgan fingerprint density at radius 3 is 2.17 bits per heavy atom. The number of halogens is 1. The average Bonchev–Trinajstić information content (AvgIpc) is 2.65. The highest BCUT2D eigenvalue weighted by atomic mass is 79.9. The van der Waals surface area contributed by atoms with Gasteiger partial charge in [0.1, 0.15) is 5.60 Å². The zero-order valence-corrected chi connectivity index (χ0v) is 18.6. The van der Waals surface area contributed by atoms with Gasteiger partial charge in [-0.15, -0.1) is 0 Å². The first kappa shape index (κ1) is 23.2. The molecule has 3 N–H and O–H groups in total. The molecule has 0 aliphatic carbocycles. The Hall–Kier alpha value is -3.13. The van der Waals surface area contributed by atoms with Crippen molar-refractivity contribution in [3.8, 4) is 0 Å². The van der Waals surface area contributed by atoms with Gasteiger partial charge in [-0.05, 0) is 57.2 Å². The van der Waals surface area contributed by atoms with Crippen LogP contribution in [-0.4, -0.2) is 28.8 Å². The second-order valence-corrected chi connectivity index (χ2v) is 7.94. The second-order valence-electron chi connectivity index (χ2n) is 7.29. The van der Waals surface area contributed by atoms with Crippen LogP contribution >= 0.6 is 15.9 Å². The van der Waals surface area contributed by atoms with E-state index in [0.29, 0.717) is 28.0 Å². The van der Waals surface area contributed by atoms with E-state index in [4.69, 9.17) is 4.74 Å². The number of allylic oxidation sites excluding steroid dienone is 1. The monoisotopic (exact) mass is 473 g/mol. The fourth-order valence-electron chi connectivity index (χ4n) is 2.37. The number of nitrogens with one attached hydrogen (secondary N) is 3. The summed E-state index contributed by atoms with van der Waals surface area (Å²) in [5, 5.41) is 8.67. The van der Waals surface area contributed by atoms with Crippen LogP contribution in [0.3, 0.4) is 0 Å². The van der Waals surface area contributed by atoms with Crippen LogP contribution in [-0.2, 0) is 9.53 Å². The zero-order valence-electron chi connectivity index (χ0n) is 17.0. The number of rotatable bonds is 6. The molecule has 0 spiro atoms. The molecular formula is C22H24BrN3O4. The normalized spacial score (nSPS) is 11.1. The lowest BCUT2D eigenvalue weighted by molar-refractivity contribution is -0.111. The van der Waals surface area contributed by atoms with Gasteiger partial charge >= 0.3 is 6.09 Å². The summed E-state index contributed by atoms with van der Waals surface area (Å²) in [5.74, 6) is -0.635. The summed E-state index contributed by atoms with van der Waals surface area (Å²) in [6.07, 6.45) is 2.50. The van der Waals surface area contributed by atoms with Gasteiger partial charge in [-0.1, -0.05) is 34.1 Å². The summed E-state index contributed by atoms with van der Waals surface area (Å²) in [5.41, 5.74) is 1.26. The largest absolute Gasteiger partial charge is 0.444 e. The van der Waals surface area contributed by atoms with Gasteiger partial charge in [0.05, 0.1) is 0 Å². The SMILES string of the molecule is CC(C)(C)OC(=O)Nc1cccc(NC(=O)c2cccc(NC(=O)/C=C/CBr)c2)c1. The third-order valence-corrected chi connectivity index (χ3v) is 3.89. The smallest absolute Gasteiger partial charge is 0.412 e. The van der Waals surface area contributed by atoms with Crippen molar-refractivity contribution in [3.05, 3.63) is 66.2 Å². The molecular weight excluding hydrogens is 450 g/mol. The Morgan fingerprint density at radius 2 is 1.53 bits per heavy atom. The summed E-state index contributed by atoms with van der Waals surface area (Å²) >= 11 is 3.21. The number of anilines is 3. The summed E-state index contributed by atoms with van der Waals surface area (Å²) in [7, 11) is 0. The van der Waals surface area contributed by atoms with E-state index in [9.17, 15) is 14.4 Å². The van der Waals surface area contributed by atoms with Crippen molar-refractivity contribution in [2.75, 3.05) is 21.3 Å². The van der Waals surface area contributed by atoms with Gasteiger partial charge in [0.15, 0.2) is 0 Å². The Labute approximate surface area is 184 Å². The molecule has 0 atom stereocenters. The highest BCUT2D eigenvalue weighted by Crippen LogP contribution is 2.18. The van der Waals surface area contributed by atoms with E-state index in [0.717, 1.165) is 0 Å². The third kappa shape index (κ3) is 8.08. The molecule has 3 amide bonds. The Morgan fingerprint density at radius 1 is 0.933 bits per heavy atom. The molecule has 0 saturated heterocycles. The maximum absolute atomic E-state index is 12.6. The van der Waals surface area contributed by atoms with Crippen LogP contribution in [0.5, 0.6) is 0 Å². The van der Waals surface area contributed by atoms with Gasteiger partial charge in [0, 0.05) is 34.0 Å². The van der Waals surface area contributed by atoms with E-state index < -0.39 is 11.7 Å². The molecule has 0 aliphatic heterocycles. The van der Waals surface area contributed by atoms with E-state index in [1.165, 1.54) is 6.08 Å². The van der Waals surface area contributed by atoms with Gasteiger partial charge in [-0.25, -0.2) is 4.79 Å². The van der Waals surface area contributed by atoms with E-state index in [1.807, 2.05) is 0 Å². The predicted octanol–water partition coefficient (Wildman–Crippen LogP) is 5.18. The fraction of sp³-hybridized carbons (Fsp3) is 0.227. The first-order chi connectivity index (χ1) is 14.2. The van der Waals surface area contributed by atoms with Gasteiger partial charge in [-0.3, -0.25) is 14.9 Å². The van der Waals surface area contributed by atoms with E-state index >= 15 is 0 Å². The number of hydrogen-bond acceptors (Lipinski definition) is 4. The molecule has 0 bridgehead atoms. The van der Waals surface area contributed by atoms with Crippen molar-refractivity contribution in [1.29, 1.82) is 0 Å². The number of amides is 3. The quantitative estimate of drug-likeness (QED) is 0.397. The molecule has 0 unspecified atom stereocenters. The van der Waals surface area contributed by atoms with Crippen molar-refractivity contribution in [2.45, 2.75) is 26.4 Å². The number of carbonyl (C=O) groups is 3. The number of alkyl halides is 1. The minimum atomic E-state index is -0.611. The minimum absolute atomic E-state index is 0.284. The van der Waals surface area contributed by atoms with Crippen molar-refractivity contribution in [1.82, 2.24) is 0 Å². The molecule has 8 heteroatoms. The van der Waals surface area contributed by atoms with Gasteiger partial charge < -0.3 is 15.4 Å². The van der Waals surface area contributed by atoms with Crippen LogP contribution in [0, 0.1) is 0 Å². The Bertz CT molecular complexity index is 951. The first-order valence-electron chi connectivity index (χ1n) is 9.21. The van der Waals surface area contributed by atoms with Crippen molar-refractivity contribution < 1.29 is 19.1 Å². The molecule has 30 heavy (non-hydrogen) atoms. The molecule has 0 heterocycles. The van der Waals surface area contributed by atoms with Crippen molar-refractivity contribution in [3.63, 3.8) is 0 Å². The molecule has 2 aromatic carbocycles. The van der Waals surface area contributed by atoms with Crippen molar-refractivity contribution in [2.24, 2.45) is 0 Å². The van der Waals surface area contributed by atoms with Crippen LogP contribution in [0.1, 0.15) is 31.1 Å². The maximum atomic E-state index is 12.6. The van der Waals surface area contributed by atoms with Crippen LogP contribution in [0.2, 0.25) is 0 Å². The molecule has 0 aromatic heterocycles. The molecule has 0 radical (unpaired) electrons. The molecule has 2 rings (SSSR count). The van der Waals surface area contributed by atoms with E-state index in [-0.39, 0.29) is 11.8 Å². The standard InChI is InChI=1S/C22H24BrN3O4/c1-22(2,3)30-21(29)26-18-10-5-9-17(14-18)25-20(28)15-7-4-8-16(13-15)24-19(27)11-6-12-23/h4-11,13-14H,12H2,1-3H3,(H,24,27)(H,25,28)(H,26,29)/b11-6+. The van der Waals surface area contributed by atoms with Crippen LogP contribution < -0.4 is 16.0 Å². The number of benzene rings is 2. The Kier molecular flexibility index (Phi) is 8.17. The molecule has 0 saturated carbocycles. The van der Waals surface area contributed by atoms with Gasteiger partial charge in [-0.2, -0.15) is 0 Å². The maximum Gasteiger partial charge on any atom is 0.412 e. The Balaban J connectivity index is 2.04. The highest BCUT2D eigenvalue weighted by Gasteiger charge is 2.16. The fourth-order valence-corrected chi connectivity index (χ4v) is 2.56. The zero-order chi connectivity index (χ0) is 22.1. The molecule has 158 valence electrons. The lowest BCUT2D eigenvalue weighted by Gasteiger charge is -2.19. The molecule has 7 nitrogen and oxygen atoms in total. The lowest BCUT2D eigenvalue weighted by atomic mass is 10.1. The highest BCUT2D eigenvalue weighted by molar-refractivity contribution is 9.09. The van der Waals surface area contributed by atoms with E-state index in [1.54, 1.807) is 75.4 Å². The van der Waals surface area contributed by atoms with E-state index in [2.05, 4.69) is 31.9 Å². The molecule has 0 aliphatic rings. The van der Waals surface area contributed by atoms with Crippen molar-refractivity contribution >= 4 is 50.9 Å². The predicted molar refractivity (Wildman–Crippen MR) is 122 cm³/mol. The summed E-state index contributed by atoms with van der Waals surface area (Å²) in [4.78, 5) is 36.3. The topological polar surface area (TPSA) is 96.5 Å². The van der Waals surface area contributed by atoms with Crippen LogP contribution in [0.15, 0.2) is 60.7 Å². The second kappa shape index (κ2) is 10.6. The van der Waals surface area contributed by atoms with Gasteiger partial charge in [0.2, 0.25) is 5.91 Å². The molecule has 0 fully saturated rings. The number of carbonyl (C=O) groups excluding carboxylic acids is 3. The summed E-state index contributed by atoms with van der Waals surface area (Å²) < 4.78 is 5.22.